The summed E-state index contributed by atoms with van der Waals surface area (Å²) in [5.41, 5.74) is 3.30. The predicted octanol–water partition coefficient (Wildman–Crippen LogP) is 2.54. The largest absolute Gasteiger partial charge is 0.444 e. The van der Waals surface area contributed by atoms with Crippen LogP contribution in [0.15, 0.2) is 65.5 Å². The van der Waals surface area contributed by atoms with Gasteiger partial charge in [-0.3, -0.25) is 9.59 Å². The molecule has 0 radical (unpaired) electrons. The molecule has 1 aliphatic heterocycles. The second kappa shape index (κ2) is 8.51. The molecule has 1 aliphatic rings. The maximum atomic E-state index is 12.9. The van der Waals surface area contributed by atoms with Crippen molar-refractivity contribution in [2.45, 2.75) is 32.0 Å². The number of aliphatic hydroxyl groups excluding tert-OH is 1. The van der Waals surface area contributed by atoms with Crippen molar-refractivity contribution >= 4 is 11.8 Å². The van der Waals surface area contributed by atoms with Crippen molar-refractivity contribution < 1.29 is 19.1 Å². The minimum atomic E-state index is -0.712. The summed E-state index contributed by atoms with van der Waals surface area (Å²) in [4.78, 5) is 31.1. The van der Waals surface area contributed by atoms with Gasteiger partial charge < -0.3 is 19.7 Å². The number of aliphatic hydroxyl groups is 1. The molecule has 4 rings (SSSR count). The Kier molecular flexibility index (Phi) is 5.63. The third-order valence-corrected chi connectivity index (χ3v) is 5.25. The average Bonchev–Trinajstić information content (AvgIpc) is 3.42. The number of carbonyl (C=O) groups is 2. The van der Waals surface area contributed by atoms with E-state index in [2.05, 4.69) is 10.3 Å². The first-order chi connectivity index (χ1) is 14.5. The number of amides is 2. The van der Waals surface area contributed by atoms with Gasteiger partial charge in [0.2, 0.25) is 5.91 Å². The number of hydrogen-bond acceptors (Lipinski definition) is 5. The van der Waals surface area contributed by atoms with Gasteiger partial charge in [0.1, 0.15) is 6.04 Å². The molecule has 1 saturated heterocycles. The Bertz CT molecular complexity index is 1030. The van der Waals surface area contributed by atoms with E-state index in [1.165, 1.54) is 11.3 Å². The molecule has 0 aliphatic carbocycles. The van der Waals surface area contributed by atoms with Crippen LogP contribution in [0.25, 0.3) is 11.3 Å². The maximum absolute atomic E-state index is 12.9. The van der Waals surface area contributed by atoms with Crippen LogP contribution in [0.2, 0.25) is 0 Å². The molecule has 2 aromatic carbocycles. The van der Waals surface area contributed by atoms with Gasteiger partial charge in [0.05, 0.1) is 12.3 Å². The summed E-state index contributed by atoms with van der Waals surface area (Å²) in [6, 6.07) is 14.1. The minimum Gasteiger partial charge on any atom is -0.444 e. The van der Waals surface area contributed by atoms with Gasteiger partial charge in [0.25, 0.3) is 5.91 Å². The number of nitrogens with zero attached hydrogens (tertiary/aromatic N) is 2. The van der Waals surface area contributed by atoms with Crippen LogP contribution in [0.1, 0.15) is 27.9 Å². The molecule has 7 nitrogen and oxygen atoms in total. The Morgan fingerprint density at radius 1 is 1.23 bits per heavy atom. The highest BCUT2D eigenvalue weighted by molar-refractivity contribution is 5.98. The van der Waals surface area contributed by atoms with E-state index in [0.717, 1.165) is 16.7 Å². The average molecular weight is 405 g/mol. The second-order valence-corrected chi connectivity index (χ2v) is 7.51. The molecule has 0 saturated carbocycles. The summed E-state index contributed by atoms with van der Waals surface area (Å²) < 4.78 is 5.27. The fourth-order valence-corrected chi connectivity index (χ4v) is 3.68. The first kappa shape index (κ1) is 19.8. The molecule has 1 fully saturated rings. The van der Waals surface area contributed by atoms with Gasteiger partial charge in [-0.1, -0.05) is 42.0 Å². The molecule has 2 heterocycles. The summed E-state index contributed by atoms with van der Waals surface area (Å²) in [6.45, 7) is 2.39. The zero-order chi connectivity index (χ0) is 21.1. The lowest BCUT2D eigenvalue weighted by atomic mass is 10.1. The van der Waals surface area contributed by atoms with Gasteiger partial charge >= 0.3 is 0 Å². The number of carbonyl (C=O) groups excluding carboxylic acids is 2. The summed E-state index contributed by atoms with van der Waals surface area (Å²) in [5.74, 6) is 0.162. The van der Waals surface area contributed by atoms with Crippen LogP contribution >= 0.6 is 0 Å². The van der Waals surface area contributed by atoms with Crippen molar-refractivity contribution in [2.75, 3.05) is 6.54 Å². The zero-order valence-electron chi connectivity index (χ0n) is 16.6. The molecule has 2 amide bonds. The van der Waals surface area contributed by atoms with E-state index >= 15 is 0 Å². The Balaban J connectivity index is 1.41. The molecule has 0 spiro atoms. The molecule has 154 valence electrons. The Labute approximate surface area is 174 Å². The Morgan fingerprint density at radius 3 is 2.73 bits per heavy atom. The summed E-state index contributed by atoms with van der Waals surface area (Å²) in [6.07, 6.45) is 2.54. The zero-order valence-corrected chi connectivity index (χ0v) is 16.6. The van der Waals surface area contributed by atoms with Crippen LogP contribution in [0.3, 0.4) is 0 Å². The summed E-state index contributed by atoms with van der Waals surface area (Å²) >= 11 is 0. The van der Waals surface area contributed by atoms with Crippen molar-refractivity contribution in [1.29, 1.82) is 0 Å². The van der Waals surface area contributed by atoms with Crippen molar-refractivity contribution in [2.24, 2.45) is 0 Å². The molecule has 3 aromatic rings. The number of likely N-dealkylation sites (tertiary alicyclic amines) is 1. The van der Waals surface area contributed by atoms with E-state index in [4.69, 9.17) is 4.42 Å². The van der Waals surface area contributed by atoms with Gasteiger partial charge in [-0.05, 0) is 24.6 Å². The molecule has 30 heavy (non-hydrogen) atoms. The van der Waals surface area contributed by atoms with Gasteiger partial charge in [-0.15, -0.1) is 0 Å². The molecule has 0 bridgehead atoms. The lowest BCUT2D eigenvalue weighted by molar-refractivity contribution is -0.125. The molecule has 1 aromatic heterocycles. The van der Waals surface area contributed by atoms with Gasteiger partial charge in [-0.2, -0.15) is 0 Å². The predicted molar refractivity (Wildman–Crippen MR) is 110 cm³/mol. The molecular weight excluding hydrogens is 382 g/mol. The number of rotatable bonds is 5. The quantitative estimate of drug-likeness (QED) is 0.680. The third-order valence-electron chi connectivity index (χ3n) is 5.25. The van der Waals surface area contributed by atoms with E-state index in [0.29, 0.717) is 17.9 Å². The molecule has 2 N–H and O–H groups in total. The second-order valence-electron chi connectivity index (χ2n) is 7.51. The number of benzene rings is 2. The van der Waals surface area contributed by atoms with Crippen LogP contribution in [0, 0.1) is 6.92 Å². The first-order valence-corrected chi connectivity index (χ1v) is 9.82. The van der Waals surface area contributed by atoms with Crippen LogP contribution in [-0.4, -0.2) is 45.5 Å². The van der Waals surface area contributed by atoms with Gasteiger partial charge in [-0.25, -0.2) is 4.98 Å². The fourth-order valence-electron chi connectivity index (χ4n) is 3.68. The first-order valence-electron chi connectivity index (χ1n) is 9.82. The van der Waals surface area contributed by atoms with Crippen molar-refractivity contribution in [3.63, 3.8) is 0 Å². The van der Waals surface area contributed by atoms with Crippen molar-refractivity contribution in [1.82, 2.24) is 15.2 Å². The SMILES string of the molecule is Cc1cccc(C(=O)N2CC(O)CC2C(=O)NCc2ccc(-c3cnco3)cc2)c1. The van der Waals surface area contributed by atoms with Crippen molar-refractivity contribution in [3.05, 3.63) is 77.8 Å². The molecule has 7 heteroatoms. The smallest absolute Gasteiger partial charge is 0.254 e. The van der Waals surface area contributed by atoms with Crippen LogP contribution < -0.4 is 5.32 Å². The van der Waals surface area contributed by atoms with E-state index in [1.807, 2.05) is 43.3 Å². The van der Waals surface area contributed by atoms with Crippen LogP contribution in [-0.2, 0) is 11.3 Å². The lowest BCUT2D eigenvalue weighted by Crippen LogP contribution is -2.45. The minimum absolute atomic E-state index is 0.150. The maximum Gasteiger partial charge on any atom is 0.254 e. The van der Waals surface area contributed by atoms with Crippen molar-refractivity contribution in [3.8, 4) is 11.3 Å². The van der Waals surface area contributed by atoms with E-state index < -0.39 is 12.1 Å². The van der Waals surface area contributed by atoms with E-state index in [9.17, 15) is 14.7 Å². The highest BCUT2D eigenvalue weighted by Gasteiger charge is 2.39. The van der Waals surface area contributed by atoms with E-state index in [-0.39, 0.29) is 24.8 Å². The number of hydrogen-bond donors (Lipinski definition) is 2. The molecule has 2 unspecified atom stereocenters. The topological polar surface area (TPSA) is 95.7 Å². The van der Waals surface area contributed by atoms with Crippen LogP contribution in [0.4, 0.5) is 0 Å². The van der Waals surface area contributed by atoms with E-state index in [1.54, 1.807) is 18.3 Å². The number of nitrogens with one attached hydrogen (secondary N) is 1. The fraction of sp³-hybridized carbons (Fsp3) is 0.261. The summed E-state index contributed by atoms with van der Waals surface area (Å²) in [7, 11) is 0. The highest BCUT2D eigenvalue weighted by Crippen LogP contribution is 2.22. The normalized spacial score (nSPS) is 18.4. The molecule has 2 atom stereocenters. The number of oxazole rings is 1. The standard InChI is InChI=1S/C23H23N3O4/c1-15-3-2-4-18(9-15)23(29)26-13-19(27)10-20(26)22(28)25-11-16-5-7-17(8-6-16)21-12-24-14-30-21/h2-9,12,14,19-20,27H,10-11,13H2,1H3,(H,25,28). The lowest BCUT2D eigenvalue weighted by Gasteiger charge is -2.24. The third kappa shape index (κ3) is 4.26. The van der Waals surface area contributed by atoms with Gasteiger partial charge in [0.15, 0.2) is 12.2 Å². The molecular formula is C23H23N3O4. The number of β-amino-alcohol motifs (C(OH)–C–C–N with tert-alkyl or cyclic N) is 1. The highest BCUT2D eigenvalue weighted by atomic mass is 16.3. The Morgan fingerprint density at radius 2 is 2.03 bits per heavy atom. The Hall–Kier alpha value is -3.45. The van der Waals surface area contributed by atoms with Crippen LogP contribution in [0.5, 0.6) is 0 Å². The number of aromatic nitrogens is 1. The number of aryl methyl sites for hydroxylation is 1. The summed E-state index contributed by atoms with van der Waals surface area (Å²) in [5, 5.41) is 13.0. The van der Waals surface area contributed by atoms with Gasteiger partial charge in [0, 0.05) is 30.6 Å². The monoisotopic (exact) mass is 405 g/mol.